The summed E-state index contributed by atoms with van der Waals surface area (Å²) in [7, 11) is 3.03. The molecule has 2 atom stereocenters. The van der Waals surface area contributed by atoms with Gasteiger partial charge in [0.15, 0.2) is 17.6 Å². The molecule has 0 bridgehead atoms. The maximum atomic E-state index is 12.3. The molecule has 7 heteroatoms. The predicted octanol–water partition coefficient (Wildman–Crippen LogP) is 1.86. The Hall–Kier alpha value is -2.28. The third kappa shape index (κ3) is 3.62. The molecule has 1 fully saturated rings. The van der Waals surface area contributed by atoms with Gasteiger partial charge in [0, 0.05) is 6.54 Å². The Kier molecular flexibility index (Phi) is 6.03. The van der Waals surface area contributed by atoms with Crippen LogP contribution < -0.4 is 9.47 Å². The van der Waals surface area contributed by atoms with Gasteiger partial charge in [0.2, 0.25) is 5.91 Å². The topological polar surface area (TPSA) is 85.3 Å². The number of amides is 1. The molecular weight excluding hydrogens is 314 g/mol. The summed E-state index contributed by atoms with van der Waals surface area (Å²) in [6, 6.07) is 4.43. The minimum Gasteiger partial charge on any atom is -0.493 e. The van der Waals surface area contributed by atoms with E-state index in [9.17, 15) is 14.7 Å². The number of ether oxygens (including phenoxy) is 3. The smallest absolute Gasteiger partial charge is 0.335 e. The number of benzene rings is 1. The van der Waals surface area contributed by atoms with Crippen LogP contribution in [-0.4, -0.2) is 55.4 Å². The highest BCUT2D eigenvalue weighted by molar-refractivity contribution is 5.83. The minimum absolute atomic E-state index is 0.208. The number of carbonyl (C=O) groups excluding carboxylic acids is 1. The van der Waals surface area contributed by atoms with E-state index in [-0.39, 0.29) is 12.5 Å². The van der Waals surface area contributed by atoms with Crippen LogP contribution in [0.2, 0.25) is 0 Å². The number of nitrogens with zero attached hydrogens (tertiary/aromatic N) is 1. The van der Waals surface area contributed by atoms with Gasteiger partial charge in [-0.15, -0.1) is 0 Å². The molecule has 0 saturated carbocycles. The lowest BCUT2D eigenvalue weighted by Crippen LogP contribution is -2.52. The van der Waals surface area contributed by atoms with Crippen molar-refractivity contribution in [2.45, 2.75) is 31.9 Å². The molecule has 1 saturated heterocycles. The Labute approximate surface area is 141 Å². The number of hydrogen-bond donors (Lipinski definition) is 1. The first kappa shape index (κ1) is 18.1. The number of hydrogen-bond acceptors (Lipinski definition) is 5. The van der Waals surface area contributed by atoms with Gasteiger partial charge in [-0.25, -0.2) is 4.79 Å². The van der Waals surface area contributed by atoms with Crippen LogP contribution in [0.3, 0.4) is 0 Å². The first-order valence-electron chi connectivity index (χ1n) is 7.89. The van der Waals surface area contributed by atoms with Crippen LogP contribution in [0.4, 0.5) is 0 Å². The van der Waals surface area contributed by atoms with Crippen LogP contribution in [0.25, 0.3) is 0 Å². The number of methoxy groups -OCH3 is 2. The average molecular weight is 337 g/mol. The van der Waals surface area contributed by atoms with Crippen molar-refractivity contribution in [2.75, 3.05) is 27.4 Å². The Morgan fingerprint density at radius 1 is 1.33 bits per heavy atom. The van der Waals surface area contributed by atoms with Gasteiger partial charge in [-0.3, -0.25) is 4.79 Å². The fourth-order valence-electron chi connectivity index (χ4n) is 2.84. The molecule has 24 heavy (non-hydrogen) atoms. The van der Waals surface area contributed by atoms with Crippen LogP contribution in [0.5, 0.6) is 11.5 Å². The van der Waals surface area contributed by atoms with E-state index in [1.165, 1.54) is 14.2 Å². The molecule has 2 rings (SSSR count). The van der Waals surface area contributed by atoms with Gasteiger partial charge in [-0.05, 0) is 24.1 Å². The second-order valence-electron chi connectivity index (χ2n) is 5.57. The average Bonchev–Trinajstić information content (AvgIpc) is 2.59. The highest BCUT2D eigenvalue weighted by Crippen LogP contribution is 2.36. The Morgan fingerprint density at radius 3 is 2.62 bits per heavy atom. The summed E-state index contributed by atoms with van der Waals surface area (Å²) in [5.74, 6) is -0.284. The van der Waals surface area contributed by atoms with Crippen molar-refractivity contribution in [1.29, 1.82) is 0 Å². The summed E-state index contributed by atoms with van der Waals surface area (Å²) in [5, 5.41) is 9.51. The molecule has 1 amide bonds. The predicted molar refractivity (Wildman–Crippen MR) is 86.3 cm³/mol. The van der Waals surface area contributed by atoms with Gasteiger partial charge in [0.25, 0.3) is 0 Å². The maximum absolute atomic E-state index is 12.3. The monoisotopic (exact) mass is 337 g/mol. The maximum Gasteiger partial charge on any atom is 0.335 e. The van der Waals surface area contributed by atoms with E-state index in [1.807, 2.05) is 6.92 Å². The number of carbonyl (C=O) groups is 2. The highest BCUT2D eigenvalue weighted by atomic mass is 16.5. The molecule has 132 valence electrons. The van der Waals surface area contributed by atoms with Crippen molar-refractivity contribution in [3.05, 3.63) is 23.8 Å². The molecule has 0 aromatic heterocycles. The fourth-order valence-corrected chi connectivity index (χ4v) is 2.84. The van der Waals surface area contributed by atoms with Crippen molar-refractivity contribution >= 4 is 11.9 Å². The van der Waals surface area contributed by atoms with E-state index in [1.54, 1.807) is 23.1 Å². The summed E-state index contributed by atoms with van der Waals surface area (Å²) in [4.78, 5) is 25.5. The summed E-state index contributed by atoms with van der Waals surface area (Å²) in [6.07, 6.45) is 0.584. The van der Waals surface area contributed by atoms with Crippen molar-refractivity contribution in [3.8, 4) is 11.5 Å². The molecule has 7 nitrogen and oxygen atoms in total. The first-order valence-corrected chi connectivity index (χ1v) is 7.89. The normalized spacial score (nSPS) is 20.8. The minimum atomic E-state index is -1.11. The van der Waals surface area contributed by atoms with E-state index in [2.05, 4.69) is 0 Å². The lowest BCUT2D eigenvalue weighted by molar-refractivity contribution is -0.173. The van der Waals surface area contributed by atoms with E-state index < -0.39 is 18.1 Å². The number of carboxylic acid groups (broad SMARTS) is 1. The zero-order valence-electron chi connectivity index (χ0n) is 14.2. The molecule has 1 heterocycles. The summed E-state index contributed by atoms with van der Waals surface area (Å²) in [6.45, 7) is 2.29. The molecule has 0 unspecified atom stereocenters. The molecule has 1 aromatic rings. The first-order chi connectivity index (χ1) is 11.5. The molecule has 1 aliphatic heterocycles. The SMILES string of the molecule is CCCCN1C(=O)CO[C@H](C(=O)O)[C@H]1c1ccc(OC)c(OC)c1. The molecule has 1 aliphatic rings. The number of morpholine rings is 1. The highest BCUT2D eigenvalue weighted by Gasteiger charge is 2.41. The molecular formula is C17H23NO6. The molecule has 0 spiro atoms. The molecule has 1 N–H and O–H groups in total. The quantitative estimate of drug-likeness (QED) is 0.817. The van der Waals surface area contributed by atoms with Gasteiger partial charge in [-0.2, -0.15) is 0 Å². The second kappa shape index (κ2) is 8.01. The van der Waals surface area contributed by atoms with Crippen LogP contribution in [0, 0.1) is 0 Å². The van der Waals surface area contributed by atoms with Gasteiger partial charge in [0.05, 0.1) is 20.3 Å². The Morgan fingerprint density at radius 2 is 2.04 bits per heavy atom. The number of rotatable bonds is 7. The molecule has 1 aromatic carbocycles. The number of unbranched alkanes of at least 4 members (excludes halogenated alkanes) is 1. The molecule has 0 radical (unpaired) electrons. The summed E-state index contributed by atoms with van der Waals surface area (Å²) < 4.78 is 15.8. The van der Waals surface area contributed by atoms with Crippen molar-refractivity contribution in [2.24, 2.45) is 0 Å². The van der Waals surface area contributed by atoms with E-state index in [4.69, 9.17) is 14.2 Å². The summed E-state index contributed by atoms with van der Waals surface area (Å²) in [5.41, 5.74) is 0.643. The lowest BCUT2D eigenvalue weighted by Gasteiger charge is -2.39. The standard InChI is InChI=1S/C17H23NO6/c1-4-5-8-18-14(19)10-24-16(17(20)21)15(18)11-6-7-12(22-2)13(9-11)23-3/h6-7,9,15-16H,4-5,8,10H2,1-3H3,(H,20,21)/t15-,16+/m1/s1. The zero-order valence-corrected chi connectivity index (χ0v) is 14.2. The van der Waals surface area contributed by atoms with Gasteiger partial charge in [0.1, 0.15) is 6.61 Å². The third-order valence-corrected chi connectivity index (χ3v) is 4.07. The Balaban J connectivity index is 2.44. The zero-order chi connectivity index (χ0) is 17.7. The van der Waals surface area contributed by atoms with Crippen LogP contribution in [-0.2, 0) is 14.3 Å². The van der Waals surface area contributed by atoms with E-state index in [0.29, 0.717) is 23.6 Å². The molecule has 0 aliphatic carbocycles. The number of carboxylic acids is 1. The Bertz CT molecular complexity index is 603. The van der Waals surface area contributed by atoms with Crippen LogP contribution in [0.15, 0.2) is 18.2 Å². The van der Waals surface area contributed by atoms with Crippen molar-refractivity contribution in [1.82, 2.24) is 4.90 Å². The van der Waals surface area contributed by atoms with Crippen LogP contribution >= 0.6 is 0 Å². The van der Waals surface area contributed by atoms with Crippen molar-refractivity contribution in [3.63, 3.8) is 0 Å². The second-order valence-corrected chi connectivity index (χ2v) is 5.57. The van der Waals surface area contributed by atoms with Gasteiger partial charge >= 0.3 is 5.97 Å². The third-order valence-electron chi connectivity index (χ3n) is 4.07. The summed E-state index contributed by atoms with van der Waals surface area (Å²) >= 11 is 0. The van der Waals surface area contributed by atoms with Gasteiger partial charge in [-0.1, -0.05) is 19.4 Å². The fraction of sp³-hybridized carbons (Fsp3) is 0.529. The van der Waals surface area contributed by atoms with E-state index >= 15 is 0 Å². The largest absolute Gasteiger partial charge is 0.493 e. The van der Waals surface area contributed by atoms with Crippen LogP contribution in [0.1, 0.15) is 31.4 Å². The van der Waals surface area contributed by atoms with Crippen molar-refractivity contribution < 1.29 is 28.9 Å². The van der Waals surface area contributed by atoms with Gasteiger partial charge < -0.3 is 24.2 Å². The van der Waals surface area contributed by atoms with E-state index in [0.717, 1.165) is 12.8 Å². The lowest BCUT2D eigenvalue weighted by atomic mass is 9.96. The number of aliphatic carboxylic acids is 1.